The van der Waals surface area contributed by atoms with Gasteiger partial charge in [0.1, 0.15) is 5.75 Å². The van der Waals surface area contributed by atoms with Gasteiger partial charge in [-0.25, -0.2) is 0 Å². The third-order valence-corrected chi connectivity index (χ3v) is 4.16. The van der Waals surface area contributed by atoms with Crippen LogP contribution in [0, 0.1) is 0 Å². The van der Waals surface area contributed by atoms with Crippen molar-refractivity contribution in [3.05, 3.63) is 84.2 Å². The summed E-state index contributed by atoms with van der Waals surface area (Å²) in [6.07, 6.45) is 3.02. The second kappa shape index (κ2) is 10.4. The van der Waals surface area contributed by atoms with Gasteiger partial charge in [0.05, 0.1) is 19.2 Å². The maximum absolute atomic E-state index is 12.3. The minimum absolute atomic E-state index is 0.0339. The maximum Gasteiger partial charge on any atom is 0.269 e. The number of carbonyl (C=O) groups is 3. The predicted octanol–water partition coefficient (Wildman–Crippen LogP) is 2.22. The van der Waals surface area contributed by atoms with Crippen LogP contribution in [0.15, 0.2) is 73.1 Å². The number of aromatic nitrogens is 1. The van der Waals surface area contributed by atoms with Crippen LogP contribution in [0.1, 0.15) is 20.7 Å². The number of nitrogens with zero attached hydrogens (tertiary/aromatic N) is 1. The number of carbonyl (C=O) groups excluding carboxylic acids is 3. The molecule has 0 atom stereocenters. The van der Waals surface area contributed by atoms with Crippen LogP contribution in [-0.2, 0) is 4.79 Å². The first kappa shape index (κ1) is 21.3. The molecule has 0 aliphatic heterocycles. The van der Waals surface area contributed by atoms with Crippen LogP contribution in [0.2, 0.25) is 0 Å². The number of hydrazine groups is 1. The summed E-state index contributed by atoms with van der Waals surface area (Å²) in [5.74, 6) is -0.579. The van der Waals surface area contributed by atoms with Crippen LogP contribution in [0.3, 0.4) is 0 Å². The summed E-state index contributed by atoms with van der Waals surface area (Å²) in [5.41, 5.74) is 6.53. The second-order valence-electron chi connectivity index (χ2n) is 6.36. The molecule has 0 saturated carbocycles. The van der Waals surface area contributed by atoms with Crippen molar-refractivity contribution >= 4 is 29.1 Å². The van der Waals surface area contributed by atoms with Gasteiger partial charge in [-0.3, -0.25) is 30.2 Å². The van der Waals surface area contributed by atoms with Gasteiger partial charge in [-0.1, -0.05) is 6.07 Å². The Labute approximate surface area is 178 Å². The smallest absolute Gasteiger partial charge is 0.269 e. The first-order valence-electron chi connectivity index (χ1n) is 9.34. The molecule has 0 bridgehead atoms. The molecule has 3 rings (SSSR count). The van der Waals surface area contributed by atoms with Crippen molar-refractivity contribution in [3.63, 3.8) is 0 Å². The lowest BCUT2D eigenvalue weighted by atomic mass is 10.2. The zero-order chi connectivity index (χ0) is 22.1. The van der Waals surface area contributed by atoms with E-state index in [1.807, 2.05) is 0 Å². The molecule has 0 aliphatic rings. The fraction of sp³-hybridized carbons (Fsp3) is 0.0909. The molecule has 3 amide bonds. The van der Waals surface area contributed by atoms with Crippen LogP contribution in [0.4, 0.5) is 11.4 Å². The molecule has 0 fully saturated rings. The fourth-order valence-corrected chi connectivity index (χ4v) is 2.57. The summed E-state index contributed by atoms with van der Waals surface area (Å²) in [4.78, 5) is 40.4. The first-order valence-corrected chi connectivity index (χ1v) is 9.34. The molecule has 0 unspecified atom stereocenters. The number of rotatable bonds is 7. The van der Waals surface area contributed by atoms with Gasteiger partial charge >= 0.3 is 0 Å². The quantitative estimate of drug-likeness (QED) is 0.436. The molecule has 31 heavy (non-hydrogen) atoms. The molecule has 4 N–H and O–H groups in total. The molecule has 3 aromatic rings. The Kier molecular flexibility index (Phi) is 7.15. The fourth-order valence-electron chi connectivity index (χ4n) is 2.57. The number of hydrogen-bond acceptors (Lipinski definition) is 6. The summed E-state index contributed by atoms with van der Waals surface area (Å²) in [6.45, 7) is -0.0339. The Balaban J connectivity index is 1.49. The Morgan fingerprint density at radius 3 is 2.35 bits per heavy atom. The summed E-state index contributed by atoms with van der Waals surface area (Å²) in [5, 5.41) is 5.63. The average molecular weight is 419 g/mol. The summed E-state index contributed by atoms with van der Waals surface area (Å²) >= 11 is 0. The number of pyridine rings is 1. The van der Waals surface area contributed by atoms with E-state index in [2.05, 4.69) is 26.5 Å². The number of nitrogens with one attached hydrogen (secondary N) is 4. The van der Waals surface area contributed by atoms with E-state index in [0.717, 1.165) is 5.69 Å². The lowest BCUT2D eigenvalue weighted by molar-refractivity contribution is -0.120. The molecule has 1 heterocycles. The first-order chi connectivity index (χ1) is 15.0. The summed E-state index contributed by atoms with van der Waals surface area (Å²) < 4.78 is 5.07. The van der Waals surface area contributed by atoms with Crippen LogP contribution < -0.4 is 26.2 Å². The zero-order valence-corrected chi connectivity index (χ0v) is 16.7. The summed E-state index contributed by atoms with van der Waals surface area (Å²) in [6, 6.07) is 16.7. The topological polar surface area (TPSA) is 121 Å². The largest absolute Gasteiger partial charge is 0.497 e. The molecule has 0 saturated heterocycles. The number of anilines is 2. The Morgan fingerprint density at radius 2 is 1.65 bits per heavy atom. The molecule has 158 valence electrons. The van der Waals surface area contributed by atoms with E-state index in [4.69, 9.17) is 4.74 Å². The van der Waals surface area contributed by atoms with Gasteiger partial charge in [0.15, 0.2) is 0 Å². The van der Waals surface area contributed by atoms with Gasteiger partial charge in [0.25, 0.3) is 17.7 Å². The predicted molar refractivity (Wildman–Crippen MR) is 116 cm³/mol. The van der Waals surface area contributed by atoms with Crippen LogP contribution >= 0.6 is 0 Å². The Morgan fingerprint density at radius 1 is 0.871 bits per heavy atom. The van der Waals surface area contributed by atoms with E-state index in [1.165, 1.54) is 12.3 Å². The van der Waals surface area contributed by atoms with Crippen molar-refractivity contribution in [3.8, 4) is 5.75 Å². The van der Waals surface area contributed by atoms with Gasteiger partial charge in [0.2, 0.25) is 0 Å². The minimum atomic E-state index is -0.518. The van der Waals surface area contributed by atoms with Gasteiger partial charge in [-0.15, -0.1) is 0 Å². The molecule has 0 spiro atoms. The summed E-state index contributed by atoms with van der Waals surface area (Å²) in [7, 11) is 1.57. The number of amides is 3. The van der Waals surface area contributed by atoms with Crippen molar-refractivity contribution < 1.29 is 19.1 Å². The molecule has 1 aromatic heterocycles. The van der Waals surface area contributed by atoms with Crippen molar-refractivity contribution in [1.29, 1.82) is 0 Å². The molecule has 9 heteroatoms. The lowest BCUT2D eigenvalue weighted by Crippen LogP contribution is -2.44. The molecule has 2 aromatic carbocycles. The number of methoxy groups -OCH3 is 1. The lowest BCUT2D eigenvalue weighted by Gasteiger charge is -2.10. The monoisotopic (exact) mass is 419 g/mol. The van der Waals surface area contributed by atoms with Gasteiger partial charge in [-0.2, -0.15) is 0 Å². The molecule has 0 aliphatic carbocycles. The van der Waals surface area contributed by atoms with Gasteiger partial charge in [0, 0.05) is 29.3 Å². The van der Waals surface area contributed by atoms with E-state index < -0.39 is 11.8 Å². The van der Waals surface area contributed by atoms with Crippen LogP contribution in [-0.4, -0.2) is 36.4 Å². The SMILES string of the molecule is COc1ccc(NCC(=O)NNC(=O)c2cccc(NC(=O)c3cccnc3)c2)cc1. The van der Waals surface area contributed by atoms with Gasteiger partial charge < -0.3 is 15.4 Å². The van der Waals surface area contributed by atoms with E-state index in [-0.39, 0.29) is 18.0 Å². The number of hydrogen-bond donors (Lipinski definition) is 4. The van der Waals surface area contributed by atoms with Gasteiger partial charge in [-0.05, 0) is 54.6 Å². The van der Waals surface area contributed by atoms with Crippen LogP contribution in [0.25, 0.3) is 0 Å². The van der Waals surface area contributed by atoms with E-state index in [1.54, 1.807) is 67.9 Å². The Hall–Kier alpha value is -4.40. The highest BCUT2D eigenvalue weighted by Crippen LogP contribution is 2.14. The molecule has 9 nitrogen and oxygen atoms in total. The van der Waals surface area contributed by atoms with E-state index in [0.29, 0.717) is 17.0 Å². The normalized spacial score (nSPS) is 9.97. The highest BCUT2D eigenvalue weighted by atomic mass is 16.5. The van der Waals surface area contributed by atoms with Crippen molar-refractivity contribution in [2.75, 3.05) is 24.3 Å². The maximum atomic E-state index is 12.3. The number of benzene rings is 2. The van der Waals surface area contributed by atoms with Crippen molar-refractivity contribution in [2.24, 2.45) is 0 Å². The molecule has 0 radical (unpaired) electrons. The minimum Gasteiger partial charge on any atom is -0.497 e. The van der Waals surface area contributed by atoms with Crippen LogP contribution in [0.5, 0.6) is 5.75 Å². The van der Waals surface area contributed by atoms with Crippen molar-refractivity contribution in [1.82, 2.24) is 15.8 Å². The third-order valence-electron chi connectivity index (χ3n) is 4.16. The number of ether oxygens (including phenoxy) is 1. The zero-order valence-electron chi connectivity index (χ0n) is 16.7. The third kappa shape index (κ3) is 6.29. The highest BCUT2D eigenvalue weighted by Gasteiger charge is 2.10. The average Bonchev–Trinajstić information content (AvgIpc) is 2.82. The Bertz CT molecular complexity index is 1060. The van der Waals surface area contributed by atoms with E-state index >= 15 is 0 Å². The second-order valence-corrected chi connectivity index (χ2v) is 6.36. The highest BCUT2D eigenvalue weighted by molar-refractivity contribution is 6.05. The molecular formula is C22H21N5O4. The molecular weight excluding hydrogens is 398 g/mol. The van der Waals surface area contributed by atoms with E-state index in [9.17, 15) is 14.4 Å². The standard InChI is InChI=1S/C22H21N5O4/c1-31-19-9-7-17(8-10-19)24-14-20(28)26-27-22(30)15-4-2-6-18(12-15)25-21(29)16-5-3-11-23-13-16/h2-13,24H,14H2,1H3,(H,25,29)(H,26,28)(H,27,30). The van der Waals surface area contributed by atoms with Crippen molar-refractivity contribution in [2.45, 2.75) is 0 Å².